The van der Waals surface area contributed by atoms with Crippen LogP contribution in [0.15, 0.2) is 83.3 Å². The number of ether oxygens (including phenoxy) is 1. The molecule has 0 aromatic heterocycles. The molecular formula is C30H35BrN2O3. The Morgan fingerprint density at radius 3 is 2.19 bits per heavy atom. The number of carbonyl (C=O) groups is 2. The van der Waals surface area contributed by atoms with Crippen molar-refractivity contribution < 1.29 is 14.3 Å². The third-order valence-corrected chi connectivity index (χ3v) is 6.59. The minimum Gasteiger partial charge on any atom is -0.484 e. The van der Waals surface area contributed by atoms with Crippen LogP contribution in [-0.2, 0) is 29.0 Å². The van der Waals surface area contributed by atoms with Crippen LogP contribution in [0.2, 0.25) is 0 Å². The van der Waals surface area contributed by atoms with Crippen molar-refractivity contribution in [3.8, 4) is 5.75 Å². The quantitative estimate of drug-likeness (QED) is 0.267. The number of aryl methyl sites for hydroxylation is 1. The molecular weight excluding hydrogens is 516 g/mol. The molecule has 3 aromatic carbocycles. The van der Waals surface area contributed by atoms with Crippen LogP contribution in [0.25, 0.3) is 0 Å². The van der Waals surface area contributed by atoms with Gasteiger partial charge in [-0.3, -0.25) is 9.59 Å². The van der Waals surface area contributed by atoms with E-state index in [2.05, 4.69) is 35.1 Å². The molecule has 36 heavy (non-hydrogen) atoms. The van der Waals surface area contributed by atoms with Crippen molar-refractivity contribution in [2.75, 3.05) is 13.2 Å². The van der Waals surface area contributed by atoms with E-state index in [0.717, 1.165) is 34.9 Å². The number of hydrogen-bond donors (Lipinski definition) is 1. The summed E-state index contributed by atoms with van der Waals surface area (Å²) in [6, 6.07) is 24.7. The Balaban J connectivity index is 1.85. The number of rotatable bonds is 13. The minimum absolute atomic E-state index is 0.143. The summed E-state index contributed by atoms with van der Waals surface area (Å²) in [6.45, 7) is 4.93. The topological polar surface area (TPSA) is 58.6 Å². The number of benzene rings is 3. The van der Waals surface area contributed by atoms with Gasteiger partial charge in [0.2, 0.25) is 5.91 Å². The molecule has 0 saturated carbocycles. The van der Waals surface area contributed by atoms with E-state index in [1.165, 1.54) is 5.56 Å². The van der Waals surface area contributed by atoms with Crippen LogP contribution >= 0.6 is 15.9 Å². The molecule has 0 heterocycles. The highest BCUT2D eigenvalue weighted by Crippen LogP contribution is 2.18. The molecule has 1 unspecified atom stereocenters. The largest absolute Gasteiger partial charge is 0.484 e. The van der Waals surface area contributed by atoms with Crippen LogP contribution in [0.4, 0.5) is 0 Å². The molecule has 0 aliphatic rings. The van der Waals surface area contributed by atoms with Gasteiger partial charge in [-0.25, -0.2) is 0 Å². The zero-order chi connectivity index (χ0) is 25.8. The van der Waals surface area contributed by atoms with Crippen molar-refractivity contribution in [2.45, 2.75) is 52.1 Å². The number of hydrogen-bond acceptors (Lipinski definition) is 3. The lowest BCUT2D eigenvalue weighted by molar-refractivity contribution is -0.142. The van der Waals surface area contributed by atoms with Crippen LogP contribution < -0.4 is 10.1 Å². The Kier molecular flexibility index (Phi) is 11.0. The lowest BCUT2D eigenvalue weighted by Crippen LogP contribution is -2.51. The van der Waals surface area contributed by atoms with Crippen LogP contribution in [0, 0.1) is 0 Å². The third kappa shape index (κ3) is 8.52. The van der Waals surface area contributed by atoms with Gasteiger partial charge >= 0.3 is 0 Å². The Labute approximate surface area is 223 Å². The number of halogens is 1. The van der Waals surface area contributed by atoms with Crippen molar-refractivity contribution in [2.24, 2.45) is 0 Å². The van der Waals surface area contributed by atoms with E-state index >= 15 is 0 Å². The average Bonchev–Trinajstić information content (AvgIpc) is 2.91. The van der Waals surface area contributed by atoms with Gasteiger partial charge in [0.1, 0.15) is 11.8 Å². The maximum absolute atomic E-state index is 13.6. The molecule has 3 aromatic rings. The number of unbranched alkanes of at least 4 members (excludes halogenated alkanes) is 1. The smallest absolute Gasteiger partial charge is 0.261 e. The fraction of sp³-hybridized carbons (Fsp3) is 0.333. The summed E-state index contributed by atoms with van der Waals surface area (Å²) >= 11 is 3.47. The first-order chi connectivity index (χ1) is 17.5. The van der Waals surface area contributed by atoms with E-state index < -0.39 is 6.04 Å². The van der Waals surface area contributed by atoms with Crippen molar-refractivity contribution in [1.29, 1.82) is 0 Å². The van der Waals surface area contributed by atoms with E-state index in [1.807, 2.05) is 78.9 Å². The summed E-state index contributed by atoms with van der Waals surface area (Å²) < 4.78 is 6.81. The Hall–Kier alpha value is -3.12. The van der Waals surface area contributed by atoms with Crippen LogP contribution in [0.1, 0.15) is 43.4 Å². The summed E-state index contributed by atoms with van der Waals surface area (Å²) in [5.41, 5.74) is 3.15. The first-order valence-electron chi connectivity index (χ1n) is 12.6. The predicted molar refractivity (Wildman–Crippen MR) is 148 cm³/mol. The summed E-state index contributed by atoms with van der Waals surface area (Å²) in [5, 5.41) is 3.04. The monoisotopic (exact) mass is 550 g/mol. The molecule has 0 bridgehead atoms. The minimum atomic E-state index is -0.661. The standard InChI is InChI=1S/C30H35BrN2O3/c1-3-5-19-32-30(35)28(20-24-9-7-6-8-10-24)33(21-25-11-15-26(31)16-12-25)29(34)22-36-27-17-13-23(4-2)14-18-27/h6-18,28H,3-5,19-22H2,1-2H3,(H,32,35). The summed E-state index contributed by atoms with van der Waals surface area (Å²) in [7, 11) is 0. The predicted octanol–water partition coefficient (Wildman–Crippen LogP) is 5.95. The molecule has 0 radical (unpaired) electrons. The fourth-order valence-electron chi connectivity index (χ4n) is 3.90. The lowest BCUT2D eigenvalue weighted by Gasteiger charge is -2.31. The molecule has 0 spiro atoms. The van der Waals surface area contributed by atoms with Gasteiger partial charge < -0.3 is 15.0 Å². The summed E-state index contributed by atoms with van der Waals surface area (Å²) in [5.74, 6) is 0.255. The normalized spacial score (nSPS) is 11.5. The van der Waals surface area contributed by atoms with Crippen molar-refractivity contribution in [1.82, 2.24) is 10.2 Å². The molecule has 0 aliphatic heterocycles. The number of carbonyl (C=O) groups excluding carboxylic acids is 2. The van der Waals surface area contributed by atoms with Gasteiger partial charge in [-0.15, -0.1) is 0 Å². The Bertz CT molecular complexity index is 1090. The highest BCUT2D eigenvalue weighted by molar-refractivity contribution is 9.10. The lowest BCUT2D eigenvalue weighted by atomic mass is 10.0. The number of nitrogens with one attached hydrogen (secondary N) is 1. The second-order valence-electron chi connectivity index (χ2n) is 8.78. The second-order valence-corrected chi connectivity index (χ2v) is 9.70. The summed E-state index contributed by atoms with van der Waals surface area (Å²) in [4.78, 5) is 28.6. The molecule has 1 atom stereocenters. The van der Waals surface area contributed by atoms with Crippen molar-refractivity contribution in [3.63, 3.8) is 0 Å². The molecule has 1 N–H and O–H groups in total. The summed E-state index contributed by atoms with van der Waals surface area (Å²) in [6.07, 6.45) is 3.23. The highest BCUT2D eigenvalue weighted by Gasteiger charge is 2.30. The molecule has 6 heteroatoms. The molecule has 0 saturated heterocycles. The van der Waals surface area contributed by atoms with E-state index in [-0.39, 0.29) is 18.4 Å². The SMILES string of the molecule is CCCCNC(=O)C(Cc1ccccc1)N(Cc1ccc(Br)cc1)C(=O)COc1ccc(CC)cc1. The van der Waals surface area contributed by atoms with E-state index in [0.29, 0.717) is 25.3 Å². The Morgan fingerprint density at radius 2 is 1.56 bits per heavy atom. The molecule has 0 fully saturated rings. The molecule has 5 nitrogen and oxygen atoms in total. The maximum Gasteiger partial charge on any atom is 0.261 e. The average molecular weight is 552 g/mol. The Morgan fingerprint density at radius 1 is 0.889 bits per heavy atom. The molecule has 190 valence electrons. The first kappa shape index (κ1) is 27.5. The zero-order valence-corrected chi connectivity index (χ0v) is 22.7. The number of nitrogens with zero attached hydrogens (tertiary/aromatic N) is 1. The molecule has 0 aliphatic carbocycles. The van der Waals surface area contributed by atoms with Crippen molar-refractivity contribution >= 4 is 27.7 Å². The van der Waals surface area contributed by atoms with Gasteiger partial charge in [0.25, 0.3) is 5.91 Å². The van der Waals surface area contributed by atoms with Gasteiger partial charge in [-0.2, -0.15) is 0 Å². The van der Waals surface area contributed by atoms with E-state index in [4.69, 9.17) is 4.74 Å². The van der Waals surface area contributed by atoms with Gasteiger partial charge in [0.15, 0.2) is 6.61 Å². The zero-order valence-electron chi connectivity index (χ0n) is 21.1. The first-order valence-corrected chi connectivity index (χ1v) is 13.4. The van der Waals surface area contributed by atoms with Crippen LogP contribution in [-0.4, -0.2) is 35.9 Å². The van der Waals surface area contributed by atoms with Crippen LogP contribution in [0.3, 0.4) is 0 Å². The van der Waals surface area contributed by atoms with Gasteiger partial charge in [0, 0.05) is 24.0 Å². The number of amides is 2. The molecule has 3 rings (SSSR count). The van der Waals surface area contributed by atoms with Gasteiger partial charge in [0.05, 0.1) is 0 Å². The van der Waals surface area contributed by atoms with Crippen LogP contribution in [0.5, 0.6) is 5.75 Å². The van der Waals surface area contributed by atoms with Gasteiger partial charge in [-0.1, -0.05) is 90.8 Å². The second kappa shape index (κ2) is 14.4. The van der Waals surface area contributed by atoms with Crippen molar-refractivity contribution in [3.05, 3.63) is 100 Å². The van der Waals surface area contributed by atoms with E-state index in [1.54, 1.807) is 4.90 Å². The van der Waals surface area contributed by atoms with Gasteiger partial charge in [-0.05, 0) is 53.8 Å². The van der Waals surface area contributed by atoms with E-state index in [9.17, 15) is 9.59 Å². The maximum atomic E-state index is 13.6. The highest BCUT2D eigenvalue weighted by atomic mass is 79.9. The molecule has 2 amide bonds. The third-order valence-electron chi connectivity index (χ3n) is 6.06. The fourth-order valence-corrected chi connectivity index (χ4v) is 4.16.